The van der Waals surface area contributed by atoms with Crippen LogP contribution in [0.3, 0.4) is 0 Å². The van der Waals surface area contributed by atoms with Gasteiger partial charge in [-0.25, -0.2) is 0 Å². The van der Waals surface area contributed by atoms with E-state index < -0.39 is 0 Å². The van der Waals surface area contributed by atoms with Gasteiger partial charge in [-0.15, -0.1) is 11.3 Å². The summed E-state index contributed by atoms with van der Waals surface area (Å²) in [6.07, 6.45) is 0. The van der Waals surface area contributed by atoms with Crippen molar-refractivity contribution in [3.05, 3.63) is 50.7 Å². The van der Waals surface area contributed by atoms with E-state index >= 15 is 0 Å². The van der Waals surface area contributed by atoms with Gasteiger partial charge >= 0.3 is 0 Å². The van der Waals surface area contributed by atoms with E-state index in [1.165, 1.54) is 9.75 Å². The van der Waals surface area contributed by atoms with Gasteiger partial charge in [-0.05, 0) is 44.2 Å². The van der Waals surface area contributed by atoms with E-state index in [0.29, 0.717) is 10.0 Å². The summed E-state index contributed by atoms with van der Waals surface area (Å²) in [7, 11) is 0. The van der Waals surface area contributed by atoms with Gasteiger partial charge < -0.3 is 11.1 Å². The Bertz CT molecular complexity index is 607. The molecule has 100 valence electrons. The number of nitrogens with one attached hydrogen (secondary N) is 1. The Morgan fingerprint density at radius 2 is 2.11 bits per heavy atom. The molecular weight excluding hydrogens is 296 g/mol. The molecular formula is C14H15ClN2S2. The van der Waals surface area contributed by atoms with Crippen molar-refractivity contribution in [2.24, 2.45) is 5.73 Å². The van der Waals surface area contributed by atoms with E-state index in [1.807, 2.05) is 12.1 Å². The summed E-state index contributed by atoms with van der Waals surface area (Å²) in [4.78, 5) is 2.93. The molecule has 2 rings (SSSR count). The first-order chi connectivity index (χ1) is 8.97. The molecule has 2 aromatic rings. The van der Waals surface area contributed by atoms with Gasteiger partial charge in [-0.1, -0.05) is 23.8 Å². The van der Waals surface area contributed by atoms with Crippen LogP contribution in [0.5, 0.6) is 0 Å². The number of anilines is 1. The summed E-state index contributed by atoms with van der Waals surface area (Å²) in [5.74, 6) is 0. The largest absolute Gasteiger partial charge is 0.389 e. The number of thiocarbonyl (C=S) groups is 1. The lowest BCUT2D eigenvalue weighted by atomic mass is 10.1. The van der Waals surface area contributed by atoms with Crippen molar-refractivity contribution in [3.63, 3.8) is 0 Å². The molecule has 19 heavy (non-hydrogen) atoms. The predicted octanol–water partition coefficient (Wildman–Crippen LogP) is 4.52. The highest BCUT2D eigenvalue weighted by Gasteiger charge is 2.12. The fourth-order valence-electron chi connectivity index (χ4n) is 1.84. The first-order valence-electron chi connectivity index (χ1n) is 5.89. The van der Waals surface area contributed by atoms with E-state index in [2.05, 4.69) is 31.3 Å². The van der Waals surface area contributed by atoms with Crippen LogP contribution in [0.4, 0.5) is 5.69 Å². The van der Waals surface area contributed by atoms with Crippen LogP contribution in [0.25, 0.3) is 0 Å². The summed E-state index contributed by atoms with van der Waals surface area (Å²) in [6, 6.07) is 9.92. The molecule has 0 saturated carbocycles. The molecule has 0 aliphatic carbocycles. The summed E-state index contributed by atoms with van der Waals surface area (Å²) in [5.41, 5.74) is 7.43. The average molecular weight is 311 g/mol. The normalized spacial score (nSPS) is 12.2. The number of nitrogens with two attached hydrogens (primary N) is 1. The molecule has 2 nitrogen and oxygen atoms in total. The zero-order valence-electron chi connectivity index (χ0n) is 10.7. The first-order valence-corrected chi connectivity index (χ1v) is 7.50. The molecule has 5 heteroatoms. The maximum absolute atomic E-state index is 6.03. The highest BCUT2D eigenvalue weighted by atomic mass is 35.5. The van der Waals surface area contributed by atoms with Gasteiger partial charge in [-0.2, -0.15) is 0 Å². The van der Waals surface area contributed by atoms with Gasteiger partial charge in [0.2, 0.25) is 0 Å². The van der Waals surface area contributed by atoms with Gasteiger partial charge in [0.15, 0.2) is 0 Å². The Hall–Kier alpha value is -1.10. The summed E-state index contributed by atoms with van der Waals surface area (Å²) in [5, 5.41) is 4.08. The average Bonchev–Trinajstić information content (AvgIpc) is 2.75. The quantitative estimate of drug-likeness (QED) is 0.816. The summed E-state index contributed by atoms with van der Waals surface area (Å²) < 4.78 is 0. The Balaban J connectivity index is 2.27. The highest BCUT2D eigenvalue weighted by molar-refractivity contribution is 7.80. The third-order valence-corrected chi connectivity index (χ3v) is 4.45. The van der Waals surface area contributed by atoms with E-state index in [9.17, 15) is 0 Å². The molecule has 0 aliphatic heterocycles. The molecule has 0 fully saturated rings. The van der Waals surface area contributed by atoms with Gasteiger partial charge in [0.1, 0.15) is 4.99 Å². The topological polar surface area (TPSA) is 38.0 Å². The van der Waals surface area contributed by atoms with Gasteiger partial charge in [0.25, 0.3) is 0 Å². The number of thiophene rings is 1. The molecule has 0 radical (unpaired) electrons. The Kier molecular flexibility index (Phi) is 4.45. The van der Waals surface area contributed by atoms with Crippen molar-refractivity contribution < 1.29 is 0 Å². The molecule has 0 spiro atoms. The number of benzene rings is 1. The molecule has 1 heterocycles. The summed E-state index contributed by atoms with van der Waals surface area (Å²) in [6.45, 7) is 4.20. The molecule has 0 saturated heterocycles. The van der Waals surface area contributed by atoms with Crippen LogP contribution in [-0.4, -0.2) is 4.99 Å². The second kappa shape index (κ2) is 5.90. The Labute approximate surface area is 127 Å². The minimum atomic E-state index is 0.185. The van der Waals surface area contributed by atoms with Crippen molar-refractivity contribution in [2.45, 2.75) is 19.9 Å². The van der Waals surface area contributed by atoms with Crippen molar-refractivity contribution in [3.8, 4) is 0 Å². The maximum atomic E-state index is 6.03. The standard InChI is InChI=1S/C14H15ClN2S2/c1-8-3-6-13(19-8)9(2)17-12-7-10(15)4-5-11(12)14(16)18/h3-7,9,17H,1-2H3,(H2,16,18). The van der Waals surface area contributed by atoms with Crippen LogP contribution >= 0.6 is 35.2 Å². The zero-order valence-corrected chi connectivity index (χ0v) is 13.1. The molecule has 1 aromatic heterocycles. The van der Waals surface area contributed by atoms with Crippen LogP contribution in [0.2, 0.25) is 5.02 Å². The van der Waals surface area contributed by atoms with Gasteiger partial charge in [-0.3, -0.25) is 0 Å². The monoisotopic (exact) mass is 310 g/mol. The number of aryl methyl sites for hydroxylation is 1. The number of halogens is 1. The van der Waals surface area contributed by atoms with Crippen LogP contribution < -0.4 is 11.1 Å². The maximum Gasteiger partial charge on any atom is 0.106 e. The minimum absolute atomic E-state index is 0.185. The smallest absolute Gasteiger partial charge is 0.106 e. The minimum Gasteiger partial charge on any atom is -0.389 e. The zero-order chi connectivity index (χ0) is 14.0. The predicted molar refractivity (Wildman–Crippen MR) is 88.4 cm³/mol. The molecule has 1 atom stereocenters. The highest BCUT2D eigenvalue weighted by Crippen LogP contribution is 2.28. The Morgan fingerprint density at radius 3 is 2.68 bits per heavy atom. The number of hydrogen-bond donors (Lipinski definition) is 2. The van der Waals surface area contributed by atoms with Crippen LogP contribution in [0.1, 0.15) is 28.3 Å². The lowest BCUT2D eigenvalue weighted by Gasteiger charge is -2.17. The fourth-order valence-corrected chi connectivity index (χ4v) is 3.07. The molecule has 0 amide bonds. The number of rotatable bonds is 4. The Morgan fingerprint density at radius 1 is 1.37 bits per heavy atom. The summed E-state index contributed by atoms with van der Waals surface area (Å²) >= 11 is 12.9. The molecule has 0 aliphatic rings. The van der Waals surface area contributed by atoms with Crippen molar-refractivity contribution in [2.75, 3.05) is 5.32 Å². The van der Waals surface area contributed by atoms with E-state index in [4.69, 9.17) is 29.6 Å². The van der Waals surface area contributed by atoms with Gasteiger partial charge in [0.05, 0.1) is 6.04 Å². The molecule has 1 unspecified atom stereocenters. The van der Waals surface area contributed by atoms with Crippen LogP contribution in [0.15, 0.2) is 30.3 Å². The van der Waals surface area contributed by atoms with Crippen molar-refractivity contribution in [1.29, 1.82) is 0 Å². The van der Waals surface area contributed by atoms with E-state index in [0.717, 1.165) is 11.3 Å². The molecule has 0 bridgehead atoms. The first kappa shape index (κ1) is 14.3. The lowest BCUT2D eigenvalue weighted by molar-refractivity contribution is 0.907. The van der Waals surface area contributed by atoms with Crippen LogP contribution in [-0.2, 0) is 0 Å². The lowest BCUT2D eigenvalue weighted by Crippen LogP contribution is -2.14. The molecule has 3 N–H and O–H groups in total. The fraction of sp³-hybridized carbons (Fsp3) is 0.214. The number of hydrogen-bond acceptors (Lipinski definition) is 3. The van der Waals surface area contributed by atoms with E-state index in [1.54, 1.807) is 17.4 Å². The second-order valence-electron chi connectivity index (χ2n) is 4.37. The molecule has 1 aromatic carbocycles. The third-order valence-electron chi connectivity index (χ3n) is 2.81. The van der Waals surface area contributed by atoms with Crippen LogP contribution in [0, 0.1) is 6.92 Å². The SMILES string of the molecule is Cc1ccc(C(C)Nc2cc(Cl)ccc2C(N)=S)s1. The second-order valence-corrected chi connectivity index (χ2v) is 6.56. The third kappa shape index (κ3) is 3.47. The van der Waals surface area contributed by atoms with E-state index in [-0.39, 0.29) is 6.04 Å². The van der Waals surface area contributed by atoms with Crippen molar-refractivity contribution in [1.82, 2.24) is 0 Å². The van der Waals surface area contributed by atoms with Crippen molar-refractivity contribution >= 4 is 45.8 Å². The van der Waals surface area contributed by atoms with Gasteiger partial charge in [0, 0.05) is 26.0 Å².